The first-order valence-corrected chi connectivity index (χ1v) is 5.05. The summed E-state index contributed by atoms with van der Waals surface area (Å²) in [4.78, 5) is 13.1. The van der Waals surface area contributed by atoms with E-state index >= 15 is 0 Å². The molecule has 0 aromatic heterocycles. The van der Waals surface area contributed by atoms with E-state index in [1.54, 1.807) is 0 Å². The van der Waals surface area contributed by atoms with E-state index in [1.807, 2.05) is 6.92 Å². The molecule has 0 aromatic rings. The van der Waals surface area contributed by atoms with Crippen molar-refractivity contribution in [2.75, 3.05) is 13.1 Å². The molecule has 0 spiro atoms. The van der Waals surface area contributed by atoms with Crippen LogP contribution in [0.3, 0.4) is 0 Å². The van der Waals surface area contributed by atoms with Crippen molar-refractivity contribution in [1.82, 2.24) is 4.90 Å². The third kappa shape index (κ3) is 3.35. The number of carbonyl (C=O) groups excluding carboxylic acids is 1. The average Bonchev–Trinajstić information content (AvgIpc) is 2.94. The van der Waals surface area contributed by atoms with E-state index in [4.69, 9.17) is 11.0 Å². The third-order valence-electron chi connectivity index (χ3n) is 2.57. The molecule has 4 nitrogen and oxygen atoms in total. The molecular weight excluding hydrogens is 178 g/mol. The third-order valence-corrected chi connectivity index (χ3v) is 2.57. The highest BCUT2D eigenvalue weighted by molar-refractivity contribution is 5.76. The molecule has 0 saturated heterocycles. The molecular formula is C10H17N3O. The van der Waals surface area contributed by atoms with Crippen molar-refractivity contribution < 1.29 is 4.79 Å². The summed E-state index contributed by atoms with van der Waals surface area (Å²) in [6, 6.07) is 2.71. The van der Waals surface area contributed by atoms with E-state index in [9.17, 15) is 4.79 Å². The molecule has 1 aliphatic carbocycles. The van der Waals surface area contributed by atoms with Gasteiger partial charge >= 0.3 is 0 Å². The summed E-state index contributed by atoms with van der Waals surface area (Å²) in [5.41, 5.74) is 5.20. The number of amides is 1. The molecule has 14 heavy (non-hydrogen) atoms. The Bertz CT molecular complexity index is 242. The van der Waals surface area contributed by atoms with Crippen LogP contribution in [-0.4, -0.2) is 29.9 Å². The first kappa shape index (κ1) is 11.0. The van der Waals surface area contributed by atoms with Crippen molar-refractivity contribution in [1.29, 1.82) is 5.26 Å². The number of rotatable bonds is 6. The molecule has 0 radical (unpaired) electrons. The van der Waals surface area contributed by atoms with Gasteiger partial charge in [0.2, 0.25) is 5.91 Å². The maximum Gasteiger partial charge on any atom is 0.221 e. The Morgan fingerprint density at radius 1 is 1.71 bits per heavy atom. The second-order valence-corrected chi connectivity index (χ2v) is 3.94. The molecule has 1 saturated carbocycles. The van der Waals surface area contributed by atoms with Crippen LogP contribution in [0.5, 0.6) is 0 Å². The number of primary amides is 1. The second-order valence-electron chi connectivity index (χ2n) is 3.94. The maximum absolute atomic E-state index is 10.9. The molecule has 1 amide bonds. The SMILES string of the molecule is CC(CN(CCC#N)C1CC1)C(N)=O. The van der Waals surface area contributed by atoms with Crippen molar-refractivity contribution in [3.05, 3.63) is 0 Å². The summed E-state index contributed by atoms with van der Waals surface area (Å²) in [6.45, 7) is 3.30. The summed E-state index contributed by atoms with van der Waals surface area (Å²) in [6.07, 6.45) is 2.91. The lowest BCUT2D eigenvalue weighted by Crippen LogP contribution is -2.36. The van der Waals surface area contributed by atoms with Crippen molar-refractivity contribution in [2.24, 2.45) is 11.7 Å². The molecule has 1 atom stereocenters. The van der Waals surface area contributed by atoms with Gasteiger partial charge in [0.25, 0.3) is 0 Å². The molecule has 0 aromatic carbocycles. The fourth-order valence-corrected chi connectivity index (χ4v) is 1.50. The van der Waals surface area contributed by atoms with Crippen LogP contribution < -0.4 is 5.73 Å². The summed E-state index contributed by atoms with van der Waals surface area (Å²) in [5, 5.41) is 8.49. The number of hydrogen-bond donors (Lipinski definition) is 1. The number of hydrogen-bond acceptors (Lipinski definition) is 3. The standard InChI is InChI=1S/C10H17N3O/c1-8(10(12)14)7-13(6-2-5-11)9-3-4-9/h8-9H,2-4,6-7H2,1H3,(H2,12,14). The van der Waals surface area contributed by atoms with Gasteiger partial charge in [-0.2, -0.15) is 5.26 Å². The Balaban J connectivity index is 2.35. The van der Waals surface area contributed by atoms with Gasteiger partial charge in [-0.1, -0.05) is 6.92 Å². The number of carbonyl (C=O) groups is 1. The Labute approximate surface area is 84.7 Å². The summed E-state index contributed by atoms with van der Waals surface area (Å²) >= 11 is 0. The fourth-order valence-electron chi connectivity index (χ4n) is 1.50. The highest BCUT2D eigenvalue weighted by Gasteiger charge is 2.30. The molecule has 1 unspecified atom stereocenters. The van der Waals surface area contributed by atoms with Gasteiger partial charge in [0, 0.05) is 31.5 Å². The second kappa shape index (κ2) is 4.97. The average molecular weight is 195 g/mol. The van der Waals surface area contributed by atoms with Crippen LogP contribution in [0.25, 0.3) is 0 Å². The predicted octanol–water partition coefficient (Wildman–Crippen LogP) is 0.486. The van der Waals surface area contributed by atoms with Crippen LogP contribution in [0.2, 0.25) is 0 Å². The number of nitrogens with zero attached hydrogens (tertiary/aromatic N) is 2. The zero-order valence-electron chi connectivity index (χ0n) is 8.57. The monoisotopic (exact) mass is 195 g/mol. The minimum atomic E-state index is -0.257. The Kier molecular flexibility index (Phi) is 3.90. The van der Waals surface area contributed by atoms with Crippen LogP contribution in [0.1, 0.15) is 26.2 Å². The van der Waals surface area contributed by atoms with E-state index in [0.29, 0.717) is 19.0 Å². The van der Waals surface area contributed by atoms with E-state index in [0.717, 1.165) is 6.54 Å². The first-order valence-electron chi connectivity index (χ1n) is 5.05. The minimum Gasteiger partial charge on any atom is -0.369 e. The summed E-state index contributed by atoms with van der Waals surface area (Å²) < 4.78 is 0. The number of nitriles is 1. The molecule has 2 N–H and O–H groups in total. The zero-order valence-corrected chi connectivity index (χ0v) is 8.57. The Morgan fingerprint density at radius 2 is 2.36 bits per heavy atom. The lowest BCUT2D eigenvalue weighted by atomic mass is 10.1. The molecule has 4 heteroatoms. The Hall–Kier alpha value is -1.08. The quantitative estimate of drug-likeness (QED) is 0.670. The van der Waals surface area contributed by atoms with Gasteiger partial charge in [0.15, 0.2) is 0 Å². The highest BCUT2D eigenvalue weighted by Crippen LogP contribution is 2.27. The van der Waals surface area contributed by atoms with Crippen LogP contribution in [0, 0.1) is 17.2 Å². The van der Waals surface area contributed by atoms with Gasteiger partial charge < -0.3 is 5.73 Å². The molecule has 0 aliphatic heterocycles. The van der Waals surface area contributed by atoms with Crippen molar-refractivity contribution in [2.45, 2.75) is 32.2 Å². The number of nitrogens with two attached hydrogens (primary N) is 1. The fraction of sp³-hybridized carbons (Fsp3) is 0.800. The van der Waals surface area contributed by atoms with Crippen molar-refractivity contribution in [3.63, 3.8) is 0 Å². The summed E-state index contributed by atoms with van der Waals surface area (Å²) in [7, 11) is 0. The van der Waals surface area contributed by atoms with Crippen molar-refractivity contribution in [3.8, 4) is 6.07 Å². The normalized spacial score (nSPS) is 17.8. The van der Waals surface area contributed by atoms with Gasteiger partial charge in [-0.3, -0.25) is 9.69 Å². The van der Waals surface area contributed by atoms with Crippen LogP contribution in [0.4, 0.5) is 0 Å². The molecule has 1 fully saturated rings. The molecule has 1 aliphatic rings. The van der Waals surface area contributed by atoms with Crippen molar-refractivity contribution >= 4 is 5.91 Å². The largest absolute Gasteiger partial charge is 0.369 e. The molecule has 1 rings (SSSR count). The van der Waals surface area contributed by atoms with Gasteiger partial charge in [-0.25, -0.2) is 0 Å². The van der Waals surface area contributed by atoms with Crippen LogP contribution >= 0.6 is 0 Å². The van der Waals surface area contributed by atoms with Crippen LogP contribution in [0.15, 0.2) is 0 Å². The van der Waals surface area contributed by atoms with Gasteiger partial charge in [0.05, 0.1) is 6.07 Å². The predicted molar refractivity (Wildman–Crippen MR) is 53.2 cm³/mol. The maximum atomic E-state index is 10.9. The van der Waals surface area contributed by atoms with E-state index < -0.39 is 0 Å². The lowest BCUT2D eigenvalue weighted by Gasteiger charge is -2.22. The van der Waals surface area contributed by atoms with E-state index in [-0.39, 0.29) is 11.8 Å². The summed E-state index contributed by atoms with van der Waals surface area (Å²) in [5.74, 6) is -0.373. The molecule has 0 bridgehead atoms. The zero-order chi connectivity index (χ0) is 10.6. The molecule has 0 heterocycles. The molecule has 78 valence electrons. The smallest absolute Gasteiger partial charge is 0.221 e. The highest BCUT2D eigenvalue weighted by atomic mass is 16.1. The first-order chi connectivity index (χ1) is 6.65. The van der Waals surface area contributed by atoms with E-state index in [1.165, 1.54) is 12.8 Å². The minimum absolute atomic E-state index is 0.116. The van der Waals surface area contributed by atoms with Gasteiger partial charge in [-0.15, -0.1) is 0 Å². The van der Waals surface area contributed by atoms with Gasteiger partial charge in [-0.05, 0) is 12.8 Å². The van der Waals surface area contributed by atoms with Gasteiger partial charge in [0.1, 0.15) is 0 Å². The lowest BCUT2D eigenvalue weighted by molar-refractivity contribution is -0.121. The Morgan fingerprint density at radius 3 is 2.79 bits per heavy atom. The van der Waals surface area contributed by atoms with Crippen LogP contribution in [-0.2, 0) is 4.79 Å². The topological polar surface area (TPSA) is 70.1 Å². The van der Waals surface area contributed by atoms with E-state index in [2.05, 4.69) is 11.0 Å².